The van der Waals surface area contributed by atoms with E-state index >= 15 is 0 Å². The van der Waals surface area contributed by atoms with E-state index < -0.39 is 6.03 Å². The van der Waals surface area contributed by atoms with E-state index in [0.717, 1.165) is 11.1 Å². The van der Waals surface area contributed by atoms with Gasteiger partial charge in [-0.05, 0) is 54.4 Å². The zero-order valence-corrected chi connectivity index (χ0v) is 17.1. The monoisotopic (exact) mass is 421 g/mol. The fourth-order valence-corrected chi connectivity index (χ4v) is 3.46. The first-order chi connectivity index (χ1) is 14.5. The molecule has 0 atom stereocenters. The zero-order chi connectivity index (χ0) is 21.1. The lowest BCUT2D eigenvalue weighted by Crippen LogP contribution is -2.38. The summed E-state index contributed by atoms with van der Waals surface area (Å²) in [5.74, 6) is 0.468. The van der Waals surface area contributed by atoms with Gasteiger partial charge in [0.15, 0.2) is 6.61 Å². The summed E-state index contributed by atoms with van der Waals surface area (Å²) in [6.07, 6.45) is 0. The van der Waals surface area contributed by atoms with Crippen molar-refractivity contribution in [1.29, 1.82) is 0 Å². The van der Waals surface area contributed by atoms with Crippen molar-refractivity contribution in [2.24, 2.45) is 0 Å². The summed E-state index contributed by atoms with van der Waals surface area (Å²) >= 11 is 5.95. The van der Waals surface area contributed by atoms with Crippen molar-refractivity contribution in [2.75, 3.05) is 22.1 Å². The summed E-state index contributed by atoms with van der Waals surface area (Å²) in [4.78, 5) is 26.6. The van der Waals surface area contributed by atoms with Gasteiger partial charge in [0.1, 0.15) is 5.75 Å². The molecular weight excluding hydrogens is 402 g/mol. The molecule has 0 saturated heterocycles. The van der Waals surface area contributed by atoms with Gasteiger partial charge in [-0.3, -0.25) is 4.79 Å². The van der Waals surface area contributed by atoms with Crippen molar-refractivity contribution >= 4 is 40.6 Å². The smallest absolute Gasteiger partial charge is 0.323 e. The van der Waals surface area contributed by atoms with Gasteiger partial charge in [-0.15, -0.1) is 0 Å². The Morgan fingerprint density at radius 3 is 2.57 bits per heavy atom. The van der Waals surface area contributed by atoms with Crippen LogP contribution in [0.3, 0.4) is 0 Å². The van der Waals surface area contributed by atoms with E-state index in [4.69, 9.17) is 16.3 Å². The number of hydrogen-bond donors (Lipinski definition) is 2. The molecule has 0 bridgehead atoms. The molecule has 0 fully saturated rings. The van der Waals surface area contributed by atoms with Crippen LogP contribution in [0.1, 0.15) is 11.1 Å². The summed E-state index contributed by atoms with van der Waals surface area (Å²) in [6.45, 7) is 2.43. The van der Waals surface area contributed by atoms with Crippen LogP contribution in [0.2, 0.25) is 5.02 Å². The van der Waals surface area contributed by atoms with Crippen molar-refractivity contribution in [3.8, 4) is 5.75 Å². The number of hydrogen-bond acceptors (Lipinski definition) is 3. The lowest BCUT2D eigenvalue weighted by Gasteiger charge is -2.30. The zero-order valence-electron chi connectivity index (χ0n) is 16.3. The summed E-state index contributed by atoms with van der Waals surface area (Å²) in [5, 5.41) is 6.05. The second kappa shape index (κ2) is 8.47. The number of urea groups is 1. The summed E-state index contributed by atoms with van der Waals surface area (Å²) in [6, 6.07) is 19.6. The van der Waals surface area contributed by atoms with Crippen LogP contribution >= 0.6 is 11.6 Å². The van der Waals surface area contributed by atoms with E-state index in [1.807, 2.05) is 31.2 Å². The number of ether oxygens (including phenoxy) is 1. The standard InChI is InChI=1S/C23H20ClN3O3/c1-15-5-2-3-6-16(15)13-27-20-12-19(9-10-21(20)30-14-22(27)28)26-23(29)25-18-8-4-7-17(24)11-18/h2-12H,13-14H2,1H3,(H2,25,26,29). The Morgan fingerprint density at radius 1 is 1.03 bits per heavy atom. The van der Waals surface area contributed by atoms with Crippen LogP contribution in [0.4, 0.5) is 21.9 Å². The highest BCUT2D eigenvalue weighted by Crippen LogP contribution is 2.35. The number of carbonyl (C=O) groups is 2. The third kappa shape index (κ3) is 4.39. The lowest BCUT2D eigenvalue weighted by molar-refractivity contribution is -0.121. The quantitative estimate of drug-likeness (QED) is 0.606. The predicted octanol–water partition coefficient (Wildman–Crippen LogP) is 5.22. The SMILES string of the molecule is Cc1ccccc1CN1C(=O)COc2ccc(NC(=O)Nc3cccc(Cl)c3)cc21. The summed E-state index contributed by atoms with van der Waals surface area (Å²) in [5.41, 5.74) is 3.90. The van der Waals surface area contributed by atoms with Crippen molar-refractivity contribution in [3.05, 3.63) is 82.9 Å². The van der Waals surface area contributed by atoms with Gasteiger partial charge < -0.3 is 20.3 Å². The molecule has 1 aliphatic heterocycles. The van der Waals surface area contributed by atoms with Crippen LogP contribution in [0.15, 0.2) is 66.7 Å². The second-order valence-corrected chi connectivity index (χ2v) is 7.40. The molecule has 6 nitrogen and oxygen atoms in total. The number of carbonyl (C=O) groups excluding carboxylic acids is 2. The molecule has 0 saturated carbocycles. The fourth-order valence-electron chi connectivity index (χ4n) is 3.27. The van der Waals surface area contributed by atoms with E-state index in [0.29, 0.717) is 34.4 Å². The molecule has 2 N–H and O–H groups in total. The third-order valence-electron chi connectivity index (χ3n) is 4.83. The molecule has 0 spiro atoms. The molecule has 152 valence electrons. The van der Waals surface area contributed by atoms with Crippen LogP contribution < -0.4 is 20.3 Å². The largest absolute Gasteiger partial charge is 0.482 e. The number of anilines is 3. The molecule has 30 heavy (non-hydrogen) atoms. The van der Waals surface area contributed by atoms with Crippen LogP contribution in [0.25, 0.3) is 0 Å². The number of nitrogens with zero attached hydrogens (tertiary/aromatic N) is 1. The summed E-state index contributed by atoms with van der Waals surface area (Å²) in [7, 11) is 0. The molecular formula is C23H20ClN3O3. The minimum Gasteiger partial charge on any atom is -0.482 e. The molecule has 3 aromatic carbocycles. The van der Waals surface area contributed by atoms with Gasteiger partial charge in [-0.2, -0.15) is 0 Å². The van der Waals surface area contributed by atoms with Crippen LogP contribution in [-0.2, 0) is 11.3 Å². The molecule has 7 heteroatoms. The van der Waals surface area contributed by atoms with Crippen LogP contribution in [0, 0.1) is 6.92 Å². The van der Waals surface area contributed by atoms with E-state index in [1.54, 1.807) is 47.4 Å². The van der Waals surface area contributed by atoms with Gasteiger partial charge >= 0.3 is 6.03 Å². The number of rotatable bonds is 4. The average Bonchev–Trinajstić information content (AvgIpc) is 2.71. The number of benzene rings is 3. The molecule has 0 radical (unpaired) electrons. The van der Waals surface area contributed by atoms with Gasteiger partial charge in [-0.25, -0.2) is 4.79 Å². The Labute approximate surface area is 179 Å². The molecule has 4 rings (SSSR count). The number of amides is 3. The Morgan fingerprint density at radius 2 is 1.80 bits per heavy atom. The number of halogens is 1. The molecule has 3 amide bonds. The predicted molar refractivity (Wildman–Crippen MR) is 118 cm³/mol. The van der Waals surface area contributed by atoms with Crippen molar-refractivity contribution < 1.29 is 14.3 Å². The van der Waals surface area contributed by atoms with Crippen molar-refractivity contribution in [1.82, 2.24) is 0 Å². The molecule has 0 aromatic heterocycles. The van der Waals surface area contributed by atoms with Gasteiger partial charge in [0.2, 0.25) is 0 Å². The Hall–Kier alpha value is -3.51. The van der Waals surface area contributed by atoms with Crippen molar-refractivity contribution in [2.45, 2.75) is 13.5 Å². The molecule has 1 heterocycles. The second-order valence-electron chi connectivity index (χ2n) is 6.97. The van der Waals surface area contributed by atoms with E-state index in [2.05, 4.69) is 10.6 Å². The average molecular weight is 422 g/mol. The van der Waals surface area contributed by atoms with Gasteiger partial charge in [0, 0.05) is 16.4 Å². The molecule has 3 aromatic rings. The number of nitrogens with one attached hydrogen (secondary N) is 2. The molecule has 0 unspecified atom stereocenters. The normalized spacial score (nSPS) is 12.7. The highest BCUT2D eigenvalue weighted by Gasteiger charge is 2.26. The van der Waals surface area contributed by atoms with Gasteiger partial charge in [0.25, 0.3) is 5.91 Å². The molecule has 1 aliphatic rings. The first kappa shape index (κ1) is 19.8. The first-order valence-corrected chi connectivity index (χ1v) is 9.83. The minimum atomic E-state index is -0.411. The van der Waals surface area contributed by atoms with Crippen molar-refractivity contribution in [3.63, 3.8) is 0 Å². The fraction of sp³-hybridized carbons (Fsp3) is 0.130. The maximum absolute atomic E-state index is 12.6. The molecule has 0 aliphatic carbocycles. The van der Waals surface area contributed by atoms with Crippen LogP contribution in [0.5, 0.6) is 5.75 Å². The maximum atomic E-state index is 12.6. The highest BCUT2D eigenvalue weighted by atomic mass is 35.5. The lowest BCUT2D eigenvalue weighted by atomic mass is 10.1. The topological polar surface area (TPSA) is 70.7 Å². The van der Waals surface area contributed by atoms with Gasteiger partial charge in [0.05, 0.1) is 12.2 Å². The van der Waals surface area contributed by atoms with E-state index in [-0.39, 0.29) is 12.5 Å². The Bertz CT molecular complexity index is 1120. The van der Waals surface area contributed by atoms with Gasteiger partial charge in [-0.1, -0.05) is 41.9 Å². The summed E-state index contributed by atoms with van der Waals surface area (Å²) < 4.78 is 5.57. The number of fused-ring (bicyclic) bond motifs is 1. The Balaban J connectivity index is 1.55. The maximum Gasteiger partial charge on any atom is 0.323 e. The highest BCUT2D eigenvalue weighted by molar-refractivity contribution is 6.30. The van der Waals surface area contributed by atoms with E-state index in [9.17, 15) is 9.59 Å². The minimum absolute atomic E-state index is 0.0130. The van der Waals surface area contributed by atoms with E-state index in [1.165, 1.54) is 0 Å². The Kier molecular flexibility index (Phi) is 5.59. The third-order valence-corrected chi connectivity index (χ3v) is 5.07. The first-order valence-electron chi connectivity index (χ1n) is 9.45. The number of aryl methyl sites for hydroxylation is 1. The van der Waals surface area contributed by atoms with Crippen LogP contribution in [-0.4, -0.2) is 18.5 Å².